The molecule has 3 unspecified atom stereocenters. The molecule has 3 aliphatic heterocycles. The molecule has 162 valence electrons. The van der Waals surface area contributed by atoms with E-state index in [1.54, 1.807) is 0 Å². The molecule has 3 aliphatic rings. The summed E-state index contributed by atoms with van der Waals surface area (Å²) in [4.78, 5) is 2.45. The minimum Gasteiger partial charge on any atom is -0.377 e. The average Bonchev–Trinajstić information content (AvgIpc) is 2.79. The summed E-state index contributed by atoms with van der Waals surface area (Å²) in [6.45, 7) is 3.34. The van der Waals surface area contributed by atoms with Gasteiger partial charge in [-0.25, -0.2) is 4.39 Å². The van der Waals surface area contributed by atoms with Crippen LogP contribution in [-0.4, -0.2) is 28.8 Å². The molecule has 3 N–H and O–H groups in total. The van der Waals surface area contributed by atoms with E-state index in [4.69, 9.17) is 0 Å². The van der Waals surface area contributed by atoms with Gasteiger partial charge in [-0.1, -0.05) is 48.5 Å². The molecular formula is C26H25FN4O. The van der Waals surface area contributed by atoms with Crippen LogP contribution in [0.2, 0.25) is 0 Å². The lowest BCUT2D eigenvalue weighted by molar-refractivity contribution is 0.138. The fraction of sp³-hybridized carbons (Fsp3) is 0.269. The highest BCUT2D eigenvalue weighted by molar-refractivity contribution is 6.13. The summed E-state index contributed by atoms with van der Waals surface area (Å²) in [6, 6.07) is 21.2. The molecule has 3 aromatic carbocycles. The van der Waals surface area contributed by atoms with Crippen LogP contribution in [0.15, 0.2) is 71.8 Å². The number of hydrogen-bond donors (Lipinski definition) is 3. The first-order chi connectivity index (χ1) is 15.7. The third-order valence-electron chi connectivity index (χ3n) is 6.82. The topological polar surface area (TPSA) is 59.9 Å². The number of rotatable bonds is 4. The Morgan fingerprint density at radius 1 is 0.969 bits per heavy atom. The predicted molar refractivity (Wildman–Crippen MR) is 123 cm³/mol. The molecular weight excluding hydrogens is 403 g/mol. The fourth-order valence-corrected chi connectivity index (χ4v) is 5.02. The Morgan fingerprint density at radius 3 is 2.44 bits per heavy atom. The largest absolute Gasteiger partial charge is 0.377 e. The molecule has 0 saturated carbocycles. The summed E-state index contributed by atoms with van der Waals surface area (Å²) >= 11 is 0. The van der Waals surface area contributed by atoms with Crippen molar-refractivity contribution in [3.05, 3.63) is 100 Å². The van der Waals surface area contributed by atoms with Crippen LogP contribution in [-0.2, 0) is 6.54 Å². The van der Waals surface area contributed by atoms with Crippen molar-refractivity contribution < 1.29 is 9.50 Å². The van der Waals surface area contributed by atoms with E-state index in [9.17, 15) is 9.50 Å². The molecule has 3 heterocycles. The molecule has 0 amide bonds. The van der Waals surface area contributed by atoms with Crippen LogP contribution in [0.25, 0.3) is 0 Å². The van der Waals surface area contributed by atoms with Crippen molar-refractivity contribution >= 4 is 11.4 Å². The zero-order valence-corrected chi connectivity index (χ0v) is 17.6. The minimum atomic E-state index is -0.846. The molecule has 1 fully saturated rings. The third-order valence-corrected chi connectivity index (χ3v) is 6.82. The summed E-state index contributed by atoms with van der Waals surface area (Å²) in [7, 11) is 0. The van der Waals surface area contributed by atoms with E-state index in [-0.39, 0.29) is 17.8 Å². The van der Waals surface area contributed by atoms with Crippen molar-refractivity contribution in [2.24, 2.45) is 5.10 Å². The predicted octanol–water partition coefficient (Wildman–Crippen LogP) is 4.28. The average molecular weight is 429 g/mol. The van der Waals surface area contributed by atoms with E-state index in [1.807, 2.05) is 30.3 Å². The lowest BCUT2D eigenvalue weighted by Gasteiger charge is -2.39. The maximum absolute atomic E-state index is 13.7. The smallest absolute Gasteiger partial charge is 0.166 e. The van der Waals surface area contributed by atoms with Crippen LogP contribution in [0.3, 0.4) is 0 Å². The number of likely N-dealkylation sites (tertiary alicyclic amines) is 1. The molecule has 0 radical (unpaired) electrons. The lowest BCUT2D eigenvalue weighted by atomic mass is 9.76. The molecule has 1 saturated heterocycles. The molecule has 3 atom stereocenters. The van der Waals surface area contributed by atoms with E-state index >= 15 is 0 Å². The zero-order chi connectivity index (χ0) is 21.7. The Bertz CT molecular complexity index is 1170. The molecule has 6 heteroatoms. The number of nitrogens with zero attached hydrogens (tertiary/aromatic N) is 2. The van der Waals surface area contributed by atoms with Crippen LogP contribution in [0.4, 0.5) is 10.1 Å². The second-order valence-electron chi connectivity index (χ2n) is 8.82. The zero-order valence-electron chi connectivity index (χ0n) is 17.6. The second-order valence-corrected chi connectivity index (χ2v) is 8.82. The number of nitrogens with one attached hydrogen (secondary N) is 2. The van der Waals surface area contributed by atoms with Gasteiger partial charge in [-0.3, -0.25) is 10.3 Å². The van der Waals surface area contributed by atoms with E-state index in [1.165, 1.54) is 37.2 Å². The number of aliphatic hydroxyl groups is 1. The first-order valence-corrected chi connectivity index (χ1v) is 11.1. The first kappa shape index (κ1) is 19.5. The van der Waals surface area contributed by atoms with Gasteiger partial charge in [0.25, 0.3) is 0 Å². The van der Waals surface area contributed by atoms with Crippen molar-refractivity contribution in [1.82, 2.24) is 10.3 Å². The molecule has 5 nitrogen and oxygen atoms in total. The first-order valence-electron chi connectivity index (χ1n) is 11.1. The highest BCUT2D eigenvalue weighted by atomic mass is 19.1. The number of halogens is 1. The normalized spacial score (nSPS) is 23.9. The summed E-state index contributed by atoms with van der Waals surface area (Å²) in [5, 5.41) is 18.7. The minimum absolute atomic E-state index is 0.0722. The highest BCUT2D eigenvalue weighted by Crippen LogP contribution is 2.45. The van der Waals surface area contributed by atoms with Gasteiger partial charge in [0.2, 0.25) is 0 Å². The summed E-state index contributed by atoms with van der Waals surface area (Å²) < 4.78 is 13.7. The molecule has 0 aliphatic carbocycles. The lowest BCUT2D eigenvalue weighted by Crippen LogP contribution is -2.38. The van der Waals surface area contributed by atoms with E-state index in [0.29, 0.717) is 0 Å². The van der Waals surface area contributed by atoms with Crippen LogP contribution >= 0.6 is 0 Å². The van der Waals surface area contributed by atoms with Gasteiger partial charge in [-0.15, -0.1) is 0 Å². The Morgan fingerprint density at radius 2 is 1.72 bits per heavy atom. The van der Waals surface area contributed by atoms with E-state index in [0.717, 1.165) is 40.2 Å². The third kappa shape index (κ3) is 3.27. The maximum atomic E-state index is 13.7. The maximum Gasteiger partial charge on any atom is 0.166 e. The number of benzene rings is 3. The summed E-state index contributed by atoms with van der Waals surface area (Å²) in [5.41, 5.74) is 9.85. The number of hydrazone groups is 1. The number of aliphatic hydroxyl groups excluding tert-OH is 1. The van der Waals surface area contributed by atoms with Crippen LogP contribution in [0.5, 0.6) is 0 Å². The Kier molecular flexibility index (Phi) is 4.70. The van der Waals surface area contributed by atoms with Gasteiger partial charge in [0.05, 0.1) is 17.7 Å². The van der Waals surface area contributed by atoms with Gasteiger partial charge >= 0.3 is 0 Å². The van der Waals surface area contributed by atoms with Crippen molar-refractivity contribution in [1.29, 1.82) is 0 Å². The summed E-state index contributed by atoms with van der Waals surface area (Å²) in [6.07, 6.45) is 0.442. The molecule has 0 spiro atoms. The molecule has 0 bridgehead atoms. The quantitative estimate of drug-likeness (QED) is 0.581. The van der Waals surface area contributed by atoms with Crippen molar-refractivity contribution in [2.45, 2.75) is 31.2 Å². The molecule has 6 rings (SSSR count). The number of hydrogen-bond acceptors (Lipinski definition) is 5. The van der Waals surface area contributed by atoms with Gasteiger partial charge < -0.3 is 10.4 Å². The summed E-state index contributed by atoms with van der Waals surface area (Å²) in [5.74, 6) is -0.393. The van der Waals surface area contributed by atoms with Gasteiger partial charge in [-0.05, 0) is 54.4 Å². The monoisotopic (exact) mass is 428 g/mol. The van der Waals surface area contributed by atoms with Gasteiger partial charge in [0, 0.05) is 23.4 Å². The van der Waals surface area contributed by atoms with Gasteiger partial charge in [0.1, 0.15) is 5.82 Å². The molecule has 0 aromatic heterocycles. The fourth-order valence-electron chi connectivity index (χ4n) is 5.02. The van der Waals surface area contributed by atoms with Crippen LogP contribution in [0.1, 0.15) is 52.4 Å². The van der Waals surface area contributed by atoms with E-state index < -0.39 is 6.23 Å². The van der Waals surface area contributed by atoms with Crippen molar-refractivity contribution in [3.63, 3.8) is 0 Å². The van der Waals surface area contributed by atoms with Gasteiger partial charge in [-0.2, -0.15) is 5.10 Å². The van der Waals surface area contributed by atoms with Crippen LogP contribution in [0, 0.1) is 5.82 Å². The van der Waals surface area contributed by atoms with Crippen LogP contribution < -0.4 is 10.7 Å². The Hall–Kier alpha value is -3.22. The SMILES string of the molecule is OC1NN=C2c3c(cccc31)NC(c1ccc(CN3CCC3)cc1)C2c1ccc(F)cc1. The van der Waals surface area contributed by atoms with Crippen molar-refractivity contribution in [2.75, 3.05) is 18.4 Å². The Balaban J connectivity index is 1.43. The highest BCUT2D eigenvalue weighted by Gasteiger charge is 2.39. The molecule has 3 aromatic rings. The second kappa shape index (κ2) is 7.73. The Labute approximate surface area is 186 Å². The van der Waals surface area contributed by atoms with Crippen molar-refractivity contribution in [3.8, 4) is 0 Å². The van der Waals surface area contributed by atoms with E-state index in [2.05, 4.69) is 45.0 Å². The standard InChI is InChI=1S/C26H25FN4O/c27-19-11-9-17(10-12-19)22-24(18-7-5-16(6-8-18)15-31-13-2-14-31)28-21-4-1-3-20-23(21)25(22)29-30-26(20)32/h1,3-12,22,24,26,28,30,32H,2,13-15H2. The molecule has 32 heavy (non-hydrogen) atoms. The van der Waals surface area contributed by atoms with Gasteiger partial charge in [0.15, 0.2) is 6.23 Å². The number of anilines is 1.